The predicted octanol–water partition coefficient (Wildman–Crippen LogP) is 2.11. The van der Waals surface area contributed by atoms with E-state index in [-0.39, 0.29) is 24.5 Å². The normalized spacial score (nSPS) is 18.0. The number of aryl methyl sites for hydroxylation is 1. The number of nitrogens with two attached hydrogens (primary N) is 1. The molecule has 0 fully saturated rings. The molecule has 0 bridgehead atoms. The highest BCUT2D eigenvalue weighted by atomic mass is 16.5. The number of rotatable bonds is 6. The number of carbonyl (C=O) groups is 1. The fourth-order valence-electron chi connectivity index (χ4n) is 3.31. The molecule has 2 unspecified atom stereocenters. The van der Waals surface area contributed by atoms with Crippen molar-refractivity contribution in [3.05, 3.63) is 47.7 Å². The lowest BCUT2D eigenvalue weighted by atomic mass is 9.88. The minimum Gasteiger partial charge on any atom is -0.380 e. The molecular formula is C18H24N4O2. The fraction of sp³-hybridized carbons (Fsp3) is 0.444. The molecule has 1 aliphatic carbocycles. The SMILES string of the molecule is COC(CN)CC(=O)Nc1ccnn1C1CCCc2ccccc21. The molecule has 0 spiro atoms. The van der Waals surface area contributed by atoms with Crippen LogP contribution in [0.2, 0.25) is 0 Å². The number of anilines is 1. The summed E-state index contributed by atoms with van der Waals surface area (Å²) >= 11 is 0. The smallest absolute Gasteiger partial charge is 0.228 e. The average Bonchev–Trinajstić information content (AvgIpc) is 3.07. The van der Waals surface area contributed by atoms with Crippen molar-refractivity contribution < 1.29 is 9.53 Å². The van der Waals surface area contributed by atoms with Gasteiger partial charge in [0.1, 0.15) is 5.82 Å². The van der Waals surface area contributed by atoms with Crippen molar-refractivity contribution >= 4 is 11.7 Å². The zero-order valence-electron chi connectivity index (χ0n) is 13.9. The van der Waals surface area contributed by atoms with Gasteiger partial charge < -0.3 is 15.8 Å². The third-order valence-electron chi connectivity index (χ3n) is 4.58. The van der Waals surface area contributed by atoms with Crippen molar-refractivity contribution in [2.45, 2.75) is 37.8 Å². The van der Waals surface area contributed by atoms with Gasteiger partial charge >= 0.3 is 0 Å². The van der Waals surface area contributed by atoms with Gasteiger partial charge in [-0.15, -0.1) is 0 Å². The van der Waals surface area contributed by atoms with E-state index in [1.165, 1.54) is 11.1 Å². The van der Waals surface area contributed by atoms with Crippen LogP contribution in [0.4, 0.5) is 5.82 Å². The average molecular weight is 328 g/mol. The van der Waals surface area contributed by atoms with Crippen LogP contribution < -0.4 is 11.1 Å². The summed E-state index contributed by atoms with van der Waals surface area (Å²) in [7, 11) is 1.56. The Balaban J connectivity index is 1.78. The molecule has 2 atom stereocenters. The lowest BCUT2D eigenvalue weighted by Gasteiger charge is -2.27. The molecule has 128 valence electrons. The Bertz CT molecular complexity index is 694. The molecule has 1 heterocycles. The maximum absolute atomic E-state index is 12.2. The van der Waals surface area contributed by atoms with E-state index in [9.17, 15) is 4.79 Å². The van der Waals surface area contributed by atoms with Crippen LogP contribution in [0.1, 0.15) is 36.4 Å². The summed E-state index contributed by atoms with van der Waals surface area (Å²) in [6.45, 7) is 0.319. The van der Waals surface area contributed by atoms with Crippen molar-refractivity contribution in [2.75, 3.05) is 19.0 Å². The van der Waals surface area contributed by atoms with Crippen LogP contribution in [-0.4, -0.2) is 35.4 Å². The molecule has 0 saturated carbocycles. The number of fused-ring (bicyclic) bond motifs is 1. The first-order chi connectivity index (χ1) is 11.7. The Morgan fingerprint density at radius 2 is 2.29 bits per heavy atom. The van der Waals surface area contributed by atoms with Gasteiger partial charge in [0.2, 0.25) is 5.91 Å². The van der Waals surface area contributed by atoms with E-state index in [1.54, 1.807) is 13.3 Å². The molecular weight excluding hydrogens is 304 g/mol. The Morgan fingerprint density at radius 1 is 1.46 bits per heavy atom. The van der Waals surface area contributed by atoms with Gasteiger partial charge in [-0.25, -0.2) is 4.68 Å². The highest BCUT2D eigenvalue weighted by Gasteiger charge is 2.24. The molecule has 1 aromatic heterocycles. The van der Waals surface area contributed by atoms with Crippen LogP contribution in [-0.2, 0) is 16.0 Å². The first-order valence-corrected chi connectivity index (χ1v) is 8.37. The molecule has 1 amide bonds. The number of aromatic nitrogens is 2. The largest absolute Gasteiger partial charge is 0.380 e. The van der Waals surface area contributed by atoms with Gasteiger partial charge in [-0.05, 0) is 30.4 Å². The molecule has 1 aromatic carbocycles. The van der Waals surface area contributed by atoms with Gasteiger partial charge in [-0.2, -0.15) is 5.10 Å². The van der Waals surface area contributed by atoms with Crippen LogP contribution in [0, 0.1) is 0 Å². The third-order valence-corrected chi connectivity index (χ3v) is 4.58. The monoisotopic (exact) mass is 328 g/mol. The number of hydrogen-bond acceptors (Lipinski definition) is 4. The second-order valence-corrected chi connectivity index (χ2v) is 6.11. The maximum Gasteiger partial charge on any atom is 0.228 e. The number of carbonyl (C=O) groups excluding carboxylic acids is 1. The molecule has 1 aliphatic rings. The van der Waals surface area contributed by atoms with Crippen LogP contribution in [0.3, 0.4) is 0 Å². The number of methoxy groups -OCH3 is 1. The van der Waals surface area contributed by atoms with Gasteiger partial charge in [0, 0.05) is 19.7 Å². The van der Waals surface area contributed by atoms with Crippen molar-refractivity contribution in [1.29, 1.82) is 0 Å². The zero-order chi connectivity index (χ0) is 16.9. The van der Waals surface area contributed by atoms with E-state index in [2.05, 4.69) is 34.7 Å². The summed E-state index contributed by atoms with van der Waals surface area (Å²) < 4.78 is 7.09. The van der Waals surface area contributed by atoms with Crippen LogP contribution in [0.25, 0.3) is 0 Å². The van der Waals surface area contributed by atoms with Crippen molar-refractivity contribution in [3.63, 3.8) is 0 Å². The summed E-state index contributed by atoms with van der Waals surface area (Å²) in [5.41, 5.74) is 8.24. The Kier molecular flexibility index (Phi) is 5.27. The molecule has 0 aliphatic heterocycles. The lowest BCUT2D eigenvalue weighted by Crippen LogP contribution is -2.29. The molecule has 2 aromatic rings. The van der Waals surface area contributed by atoms with E-state index in [1.807, 2.05) is 10.7 Å². The standard InChI is InChI=1S/C18H24N4O2/c1-24-14(12-19)11-18(23)21-17-9-10-20-22(17)16-8-4-6-13-5-2-3-7-15(13)16/h2-3,5,7,9-10,14,16H,4,6,8,11-12,19H2,1H3,(H,21,23). The van der Waals surface area contributed by atoms with Crippen molar-refractivity contribution in [2.24, 2.45) is 5.73 Å². The summed E-state index contributed by atoms with van der Waals surface area (Å²) in [4.78, 5) is 12.2. The number of benzene rings is 1. The van der Waals surface area contributed by atoms with Gasteiger partial charge in [0.15, 0.2) is 0 Å². The Labute approximate surface area is 142 Å². The minimum absolute atomic E-state index is 0.113. The molecule has 0 saturated heterocycles. The van der Waals surface area contributed by atoms with Gasteiger partial charge in [0.25, 0.3) is 0 Å². The van der Waals surface area contributed by atoms with Gasteiger partial charge in [-0.1, -0.05) is 24.3 Å². The molecule has 24 heavy (non-hydrogen) atoms. The molecule has 0 radical (unpaired) electrons. The second-order valence-electron chi connectivity index (χ2n) is 6.11. The Hall–Kier alpha value is -2.18. The number of nitrogens with one attached hydrogen (secondary N) is 1. The quantitative estimate of drug-likeness (QED) is 0.851. The first-order valence-electron chi connectivity index (χ1n) is 8.37. The topological polar surface area (TPSA) is 82.2 Å². The summed E-state index contributed by atoms with van der Waals surface area (Å²) in [6, 6.07) is 10.5. The molecule has 3 N–H and O–H groups in total. The van der Waals surface area contributed by atoms with Gasteiger partial charge in [0.05, 0.1) is 24.8 Å². The molecule has 6 heteroatoms. The summed E-state index contributed by atoms with van der Waals surface area (Å²) in [6.07, 6.45) is 4.93. The third kappa shape index (κ3) is 3.49. The van der Waals surface area contributed by atoms with Crippen LogP contribution >= 0.6 is 0 Å². The van der Waals surface area contributed by atoms with E-state index >= 15 is 0 Å². The number of amides is 1. The number of nitrogens with zero attached hydrogens (tertiary/aromatic N) is 2. The van der Waals surface area contributed by atoms with Crippen molar-refractivity contribution in [1.82, 2.24) is 9.78 Å². The second kappa shape index (κ2) is 7.59. The highest BCUT2D eigenvalue weighted by Crippen LogP contribution is 2.34. The lowest BCUT2D eigenvalue weighted by molar-refractivity contribution is -0.118. The maximum atomic E-state index is 12.2. The highest BCUT2D eigenvalue weighted by molar-refractivity contribution is 5.90. The van der Waals surface area contributed by atoms with E-state index in [0.717, 1.165) is 19.3 Å². The first kappa shape index (κ1) is 16.7. The predicted molar refractivity (Wildman–Crippen MR) is 92.8 cm³/mol. The summed E-state index contributed by atoms with van der Waals surface area (Å²) in [5.74, 6) is 0.603. The minimum atomic E-state index is -0.267. The van der Waals surface area contributed by atoms with E-state index in [4.69, 9.17) is 10.5 Å². The van der Waals surface area contributed by atoms with E-state index in [0.29, 0.717) is 12.4 Å². The molecule has 6 nitrogen and oxygen atoms in total. The van der Waals surface area contributed by atoms with Crippen molar-refractivity contribution in [3.8, 4) is 0 Å². The zero-order valence-corrected chi connectivity index (χ0v) is 13.9. The fourth-order valence-corrected chi connectivity index (χ4v) is 3.31. The van der Waals surface area contributed by atoms with Crippen LogP contribution in [0.5, 0.6) is 0 Å². The summed E-state index contributed by atoms with van der Waals surface area (Å²) in [5, 5.41) is 7.40. The molecule has 3 rings (SSSR count). The van der Waals surface area contributed by atoms with Crippen LogP contribution in [0.15, 0.2) is 36.5 Å². The van der Waals surface area contributed by atoms with E-state index < -0.39 is 0 Å². The Morgan fingerprint density at radius 3 is 3.08 bits per heavy atom. The van der Waals surface area contributed by atoms with Gasteiger partial charge in [-0.3, -0.25) is 4.79 Å². The number of hydrogen-bond donors (Lipinski definition) is 2. The number of ether oxygens (including phenoxy) is 1.